The Bertz CT molecular complexity index is 411. The van der Waals surface area contributed by atoms with Crippen LogP contribution in [0.25, 0.3) is 0 Å². The molecule has 1 aromatic rings. The van der Waals surface area contributed by atoms with Crippen LogP contribution in [0.4, 0.5) is 11.6 Å². The predicted molar refractivity (Wildman–Crippen MR) is 80.1 cm³/mol. The minimum absolute atomic E-state index is 0.404. The Morgan fingerprint density at radius 2 is 2.00 bits per heavy atom. The first-order chi connectivity index (χ1) is 9.14. The standard InChI is InChI=1S/C15H26N4/c1-3-7-12-13(16)18-11-19-14(12)17-10-15(2)8-5-4-6-9-15/h11H,3-10H2,1-2H3,(H3,16,17,18,19). The number of nitrogens with zero attached hydrogens (tertiary/aromatic N) is 2. The minimum Gasteiger partial charge on any atom is -0.383 e. The fourth-order valence-electron chi connectivity index (χ4n) is 2.95. The summed E-state index contributed by atoms with van der Waals surface area (Å²) in [6, 6.07) is 0. The minimum atomic E-state index is 0.404. The van der Waals surface area contributed by atoms with Crippen molar-refractivity contribution in [2.45, 2.75) is 58.8 Å². The van der Waals surface area contributed by atoms with Gasteiger partial charge in [-0.05, 0) is 24.7 Å². The van der Waals surface area contributed by atoms with Gasteiger partial charge in [0, 0.05) is 12.1 Å². The molecule has 1 aromatic heterocycles. The van der Waals surface area contributed by atoms with Crippen LogP contribution in [0.2, 0.25) is 0 Å². The van der Waals surface area contributed by atoms with Gasteiger partial charge in [-0.25, -0.2) is 9.97 Å². The van der Waals surface area contributed by atoms with Crippen LogP contribution in [-0.4, -0.2) is 16.5 Å². The fourth-order valence-corrected chi connectivity index (χ4v) is 2.95. The van der Waals surface area contributed by atoms with Gasteiger partial charge >= 0.3 is 0 Å². The molecule has 1 saturated carbocycles. The number of nitrogens with two attached hydrogens (primary N) is 1. The van der Waals surface area contributed by atoms with E-state index in [1.807, 2.05) is 0 Å². The maximum absolute atomic E-state index is 5.96. The normalized spacial score (nSPS) is 18.2. The lowest BCUT2D eigenvalue weighted by Crippen LogP contribution is -2.29. The van der Waals surface area contributed by atoms with Crippen LogP contribution in [0.3, 0.4) is 0 Å². The molecule has 3 N–H and O–H groups in total. The van der Waals surface area contributed by atoms with Crippen molar-refractivity contribution in [2.75, 3.05) is 17.6 Å². The van der Waals surface area contributed by atoms with Gasteiger partial charge in [0.1, 0.15) is 18.0 Å². The van der Waals surface area contributed by atoms with Gasteiger partial charge in [0.15, 0.2) is 0 Å². The second-order valence-electron chi connectivity index (χ2n) is 6.06. The lowest BCUT2D eigenvalue weighted by molar-refractivity contribution is 0.233. The number of nitrogens with one attached hydrogen (secondary N) is 1. The van der Waals surface area contributed by atoms with Crippen LogP contribution in [-0.2, 0) is 6.42 Å². The van der Waals surface area contributed by atoms with Gasteiger partial charge in [0.2, 0.25) is 0 Å². The Morgan fingerprint density at radius 1 is 1.26 bits per heavy atom. The summed E-state index contributed by atoms with van der Waals surface area (Å²) in [5.41, 5.74) is 7.44. The molecule has 1 fully saturated rings. The molecule has 2 rings (SSSR count). The van der Waals surface area contributed by atoms with Crippen molar-refractivity contribution in [2.24, 2.45) is 5.41 Å². The molecule has 1 aliphatic rings. The maximum atomic E-state index is 5.96. The van der Waals surface area contributed by atoms with Crippen LogP contribution in [0.1, 0.15) is 57.9 Å². The second kappa shape index (κ2) is 6.22. The van der Waals surface area contributed by atoms with E-state index in [0.717, 1.165) is 30.8 Å². The molecule has 4 heteroatoms. The van der Waals surface area contributed by atoms with Gasteiger partial charge in [-0.2, -0.15) is 0 Å². The van der Waals surface area contributed by atoms with E-state index in [2.05, 4.69) is 29.1 Å². The van der Waals surface area contributed by atoms with Crippen molar-refractivity contribution in [3.05, 3.63) is 11.9 Å². The van der Waals surface area contributed by atoms with Crippen LogP contribution >= 0.6 is 0 Å². The molecular formula is C15H26N4. The molecule has 0 spiro atoms. The van der Waals surface area contributed by atoms with Crippen LogP contribution < -0.4 is 11.1 Å². The van der Waals surface area contributed by atoms with Gasteiger partial charge in [-0.15, -0.1) is 0 Å². The van der Waals surface area contributed by atoms with E-state index in [-0.39, 0.29) is 0 Å². The average Bonchev–Trinajstić information content (AvgIpc) is 2.41. The van der Waals surface area contributed by atoms with Crippen molar-refractivity contribution in [3.8, 4) is 0 Å². The molecule has 106 valence electrons. The summed E-state index contributed by atoms with van der Waals surface area (Å²) in [6.45, 7) is 5.52. The fraction of sp³-hybridized carbons (Fsp3) is 0.733. The summed E-state index contributed by atoms with van der Waals surface area (Å²) in [5, 5.41) is 3.52. The highest BCUT2D eigenvalue weighted by molar-refractivity contribution is 5.55. The van der Waals surface area contributed by atoms with Crippen molar-refractivity contribution in [3.63, 3.8) is 0 Å². The zero-order valence-corrected chi connectivity index (χ0v) is 12.2. The van der Waals surface area contributed by atoms with Gasteiger partial charge in [0.05, 0.1) is 0 Å². The quantitative estimate of drug-likeness (QED) is 0.853. The van der Waals surface area contributed by atoms with E-state index in [0.29, 0.717) is 11.2 Å². The lowest BCUT2D eigenvalue weighted by Gasteiger charge is -2.34. The highest BCUT2D eigenvalue weighted by Crippen LogP contribution is 2.36. The molecular weight excluding hydrogens is 236 g/mol. The van der Waals surface area contributed by atoms with E-state index in [1.165, 1.54) is 32.1 Å². The molecule has 0 bridgehead atoms. The summed E-state index contributed by atoms with van der Waals surface area (Å²) in [4.78, 5) is 8.47. The van der Waals surface area contributed by atoms with Crippen molar-refractivity contribution in [1.82, 2.24) is 9.97 Å². The summed E-state index contributed by atoms with van der Waals surface area (Å²) in [7, 11) is 0. The van der Waals surface area contributed by atoms with E-state index < -0.39 is 0 Å². The average molecular weight is 262 g/mol. The van der Waals surface area contributed by atoms with Crippen molar-refractivity contribution < 1.29 is 0 Å². The molecule has 0 aromatic carbocycles. The van der Waals surface area contributed by atoms with Crippen LogP contribution in [0.15, 0.2) is 6.33 Å². The predicted octanol–water partition coefficient (Wildman–Crippen LogP) is 3.39. The molecule has 1 heterocycles. The molecule has 0 radical (unpaired) electrons. The number of nitrogen functional groups attached to an aromatic ring is 1. The third-order valence-corrected chi connectivity index (χ3v) is 4.22. The first-order valence-electron chi connectivity index (χ1n) is 7.48. The largest absolute Gasteiger partial charge is 0.383 e. The number of anilines is 2. The molecule has 4 nitrogen and oxygen atoms in total. The molecule has 0 amide bonds. The van der Waals surface area contributed by atoms with Gasteiger partial charge in [-0.1, -0.05) is 39.5 Å². The molecule has 0 saturated heterocycles. The van der Waals surface area contributed by atoms with Crippen molar-refractivity contribution >= 4 is 11.6 Å². The highest BCUT2D eigenvalue weighted by atomic mass is 15.0. The first-order valence-corrected chi connectivity index (χ1v) is 7.48. The molecule has 19 heavy (non-hydrogen) atoms. The Balaban J connectivity index is 2.04. The Kier molecular flexibility index (Phi) is 4.61. The Labute approximate surface area is 116 Å². The van der Waals surface area contributed by atoms with Crippen LogP contribution in [0.5, 0.6) is 0 Å². The molecule has 1 aliphatic carbocycles. The zero-order chi connectivity index (χ0) is 13.7. The number of hydrogen-bond donors (Lipinski definition) is 2. The van der Waals surface area contributed by atoms with Crippen molar-refractivity contribution in [1.29, 1.82) is 0 Å². The summed E-state index contributed by atoms with van der Waals surface area (Å²) < 4.78 is 0. The van der Waals surface area contributed by atoms with E-state index in [4.69, 9.17) is 5.73 Å². The van der Waals surface area contributed by atoms with Gasteiger partial charge in [0.25, 0.3) is 0 Å². The smallest absolute Gasteiger partial charge is 0.134 e. The topological polar surface area (TPSA) is 63.8 Å². The number of rotatable bonds is 5. The monoisotopic (exact) mass is 262 g/mol. The second-order valence-corrected chi connectivity index (χ2v) is 6.06. The van der Waals surface area contributed by atoms with Gasteiger partial charge < -0.3 is 11.1 Å². The number of aromatic nitrogens is 2. The first kappa shape index (κ1) is 14.1. The van der Waals surface area contributed by atoms with E-state index in [9.17, 15) is 0 Å². The highest BCUT2D eigenvalue weighted by Gasteiger charge is 2.26. The third kappa shape index (κ3) is 3.58. The zero-order valence-electron chi connectivity index (χ0n) is 12.2. The summed E-state index contributed by atoms with van der Waals surface area (Å²) in [6.07, 6.45) is 10.3. The van der Waals surface area contributed by atoms with Gasteiger partial charge in [-0.3, -0.25) is 0 Å². The third-order valence-electron chi connectivity index (χ3n) is 4.22. The maximum Gasteiger partial charge on any atom is 0.134 e. The van der Waals surface area contributed by atoms with Crippen LogP contribution in [0, 0.1) is 5.41 Å². The van der Waals surface area contributed by atoms with E-state index in [1.54, 1.807) is 6.33 Å². The lowest BCUT2D eigenvalue weighted by atomic mass is 9.76. The number of hydrogen-bond acceptors (Lipinski definition) is 4. The molecule has 0 atom stereocenters. The summed E-state index contributed by atoms with van der Waals surface area (Å²) >= 11 is 0. The molecule has 0 aliphatic heterocycles. The molecule has 0 unspecified atom stereocenters. The Morgan fingerprint density at radius 3 is 2.68 bits per heavy atom. The SMILES string of the molecule is CCCc1c(N)ncnc1NCC1(C)CCCCC1. The Hall–Kier alpha value is -1.32. The summed E-state index contributed by atoms with van der Waals surface area (Å²) in [5.74, 6) is 1.55. The van der Waals surface area contributed by atoms with E-state index >= 15 is 0 Å².